The van der Waals surface area contributed by atoms with Crippen molar-refractivity contribution in [1.29, 1.82) is 0 Å². The number of amides is 1. The number of fused-ring (bicyclic) bond motifs is 2. The zero-order valence-corrected chi connectivity index (χ0v) is 25.7. The average Bonchev–Trinajstić information content (AvgIpc) is 2.93. The number of nitrogens with one attached hydrogen (secondary N) is 1. The summed E-state index contributed by atoms with van der Waals surface area (Å²) in [6.45, 7) is 15.1. The summed E-state index contributed by atoms with van der Waals surface area (Å²) in [5.74, 6) is 0.176. The van der Waals surface area contributed by atoms with Gasteiger partial charge in [0.25, 0.3) is 11.5 Å². The SMILES string of the molecule is C=CC(=O)N1CCN(c2cc3cnc(NC(C)[C@H](C)OCCN(C)C)nc3n(CC(C)(C)O)c2=O)c2cccc(C)c21. The van der Waals surface area contributed by atoms with Crippen molar-refractivity contribution in [2.75, 3.05) is 55.5 Å². The normalized spacial score (nSPS) is 15.1. The number of aryl methyl sites for hydroxylation is 1. The predicted octanol–water partition coefficient (Wildman–Crippen LogP) is 3.31. The molecule has 11 heteroatoms. The zero-order valence-electron chi connectivity index (χ0n) is 25.7. The minimum Gasteiger partial charge on any atom is -0.389 e. The molecule has 3 heterocycles. The molecule has 0 spiro atoms. The second-order valence-electron chi connectivity index (χ2n) is 11.8. The lowest BCUT2D eigenvalue weighted by molar-refractivity contribution is -0.114. The number of hydrogen-bond acceptors (Lipinski definition) is 9. The summed E-state index contributed by atoms with van der Waals surface area (Å²) < 4.78 is 7.46. The molecule has 0 fully saturated rings. The van der Waals surface area contributed by atoms with Gasteiger partial charge in [-0.2, -0.15) is 4.98 Å². The predicted molar refractivity (Wildman–Crippen MR) is 168 cm³/mol. The molecule has 0 saturated heterocycles. The summed E-state index contributed by atoms with van der Waals surface area (Å²) in [6, 6.07) is 7.45. The van der Waals surface area contributed by atoms with E-state index < -0.39 is 5.60 Å². The maximum atomic E-state index is 14.1. The van der Waals surface area contributed by atoms with Crippen molar-refractivity contribution in [2.45, 2.75) is 58.9 Å². The van der Waals surface area contributed by atoms with E-state index >= 15 is 0 Å². The Morgan fingerprint density at radius 3 is 2.67 bits per heavy atom. The summed E-state index contributed by atoms with van der Waals surface area (Å²) in [5, 5.41) is 14.7. The van der Waals surface area contributed by atoms with Crippen LogP contribution in [0.5, 0.6) is 0 Å². The highest BCUT2D eigenvalue weighted by Crippen LogP contribution is 2.39. The van der Waals surface area contributed by atoms with Crippen LogP contribution in [0.4, 0.5) is 23.0 Å². The Kier molecular flexibility index (Phi) is 9.34. The Hall–Kier alpha value is -3.80. The van der Waals surface area contributed by atoms with E-state index in [2.05, 4.69) is 21.8 Å². The van der Waals surface area contributed by atoms with Gasteiger partial charge in [0.2, 0.25) is 5.95 Å². The number of rotatable bonds is 11. The van der Waals surface area contributed by atoms with Crippen LogP contribution in [-0.4, -0.2) is 88.5 Å². The Balaban J connectivity index is 1.76. The van der Waals surface area contributed by atoms with Crippen LogP contribution in [0.25, 0.3) is 11.0 Å². The molecule has 226 valence electrons. The molecular weight excluding hydrogens is 534 g/mol. The number of benzene rings is 1. The second-order valence-corrected chi connectivity index (χ2v) is 11.8. The maximum Gasteiger partial charge on any atom is 0.276 e. The number of pyridine rings is 1. The van der Waals surface area contributed by atoms with Gasteiger partial charge in [0.15, 0.2) is 0 Å². The highest BCUT2D eigenvalue weighted by Gasteiger charge is 2.30. The number of aliphatic hydroxyl groups is 1. The minimum atomic E-state index is -1.18. The van der Waals surface area contributed by atoms with E-state index in [1.54, 1.807) is 31.0 Å². The summed E-state index contributed by atoms with van der Waals surface area (Å²) in [6.07, 6.45) is 2.90. The van der Waals surface area contributed by atoms with Crippen LogP contribution in [0.2, 0.25) is 0 Å². The van der Waals surface area contributed by atoms with Crippen molar-refractivity contribution in [3.05, 3.63) is 59.0 Å². The quantitative estimate of drug-likeness (QED) is 0.331. The molecule has 42 heavy (non-hydrogen) atoms. The van der Waals surface area contributed by atoms with Crippen LogP contribution in [-0.2, 0) is 16.1 Å². The first-order valence-corrected chi connectivity index (χ1v) is 14.3. The molecule has 0 saturated carbocycles. The Labute approximate surface area is 247 Å². The van der Waals surface area contributed by atoms with E-state index in [9.17, 15) is 14.7 Å². The molecule has 1 amide bonds. The molecule has 1 unspecified atom stereocenters. The van der Waals surface area contributed by atoms with Gasteiger partial charge in [-0.1, -0.05) is 18.7 Å². The van der Waals surface area contributed by atoms with Crippen molar-refractivity contribution >= 4 is 40.0 Å². The largest absolute Gasteiger partial charge is 0.389 e. The molecule has 1 aliphatic rings. The molecule has 11 nitrogen and oxygen atoms in total. The summed E-state index contributed by atoms with van der Waals surface area (Å²) in [4.78, 5) is 41.8. The standard InChI is InChI=1S/C31H43N7O4/c1-9-26(39)37-14-13-36(24-12-10-11-20(2)27(24)37)25-17-23-18-32-30(33-21(3)22(4)42-16-15-35(7)8)34-28(23)38(29(25)40)19-31(5,6)41/h9-12,17-18,21-22,41H,1,13-16,19H2,2-8H3,(H,32,33,34)/t21?,22-/m0/s1. The van der Waals surface area contributed by atoms with Crippen LogP contribution >= 0.6 is 0 Å². The average molecular weight is 578 g/mol. The summed E-state index contributed by atoms with van der Waals surface area (Å²) in [5.41, 5.74) is 1.77. The fourth-order valence-corrected chi connectivity index (χ4v) is 5.05. The van der Waals surface area contributed by atoms with Crippen LogP contribution in [0.3, 0.4) is 0 Å². The Morgan fingerprint density at radius 1 is 1.26 bits per heavy atom. The molecule has 1 aliphatic heterocycles. The first kappa shape index (κ1) is 31.1. The van der Waals surface area contributed by atoms with Crippen LogP contribution in [0.1, 0.15) is 33.3 Å². The van der Waals surface area contributed by atoms with E-state index in [-0.39, 0.29) is 30.2 Å². The van der Waals surface area contributed by atoms with Gasteiger partial charge in [0, 0.05) is 31.2 Å². The molecule has 3 aromatic rings. The minimum absolute atomic E-state index is 0.0296. The van der Waals surface area contributed by atoms with Crippen molar-refractivity contribution in [3.8, 4) is 0 Å². The van der Waals surface area contributed by atoms with Crippen molar-refractivity contribution in [1.82, 2.24) is 19.4 Å². The van der Waals surface area contributed by atoms with Gasteiger partial charge in [-0.05, 0) is 72.5 Å². The van der Waals surface area contributed by atoms with Gasteiger partial charge in [-0.15, -0.1) is 0 Å². The van der Waals surface area contributed by atoms with Crippen LogP contribution in [0.15, 0.2) is 47.9 Å². The Morgan fingerprint density at radius 2 is 2.00 bits per heavy atom. The summed E-state index contributed by atoms with van der Waals surface area (Å²) >= 11 is 0. The van der Waals surface area contributed by atoms with E-state index in [1.165, 1.54) is 10.6 Å². The fraction of sp³-hybridized carbons (Fsp3) is 0.484. The highest BCUT2D eigenvalue weighted by molar-refractivity contribution is 6.05. The topological polar surface area (TPSA) is 116 Å². The highest BCUT2D eigenvalue weighted by atomic mass is 16.5. The lowest BCUT2D eigenvalue weighted by Crippen LogP contribution is -2.44. The number of para-hydroxylation sites is 1. The Bertz CT molecular complexity index is 1510. The smallest absolute Gasteiger partial charge is 0.276 e. The van der Waals surface area contributed by atoms with Gasteiger partial charge < -0.3 is 29.9 Å². The number of likely N-dealkylation sites (N-methyl/N-ethyl adjacent to an activating group) is 1. The number of hydrogen-bond donors (Lipinski definition) is 2. The van der Waals surface area contributed by atoms with Crippen molar-refractivity contribution in [3.63, 3.8) is 0 Å². The molecule has 2 atom stereocenters. The molecule has 2 aromatic heterocycles. The van der Waals surface area contributed by atoms with E-state index in [4.69, 9.17) is 9.72 Å². The molecule has 0 bridgehead atoms. The molecule has 0 aliphatic carbocycles. The fourth-order valence-electron chi connectivity index (χ4n) is 5.05. The number of anilines is 4. The first-order chi connectivity index (χ1) is 19.8. The van der Waals surface area contributed by atoms with Crippen molar-refractivity contribution in [2.24, 2.45) is 0 Å². The molecule has 0 radical (unpaired) electrons. The number of carbonyl (C=O) groups is 1. The van der Waals surface area contributed by atoms with Crippen LogP contribution in [0, 0.1) is 6.92 Å². The lowest BCUT2D eigenvalue weighted by Gasteiger charge is -2.38. The first-order valence-electron chi connectivity index (χ1n) is 14.3. The molecular formula is C31H43N7O4. The van der Waals surface area contributed by atoms with Gasteiger partial charge in [0.05, 0.1) is 42.3 Å². The van der Waals surface area contributed by atoms with E-state index in [0.717, 1.165) is 23.5 Å². The number of carbonyl (C=O) groups excluding carboxylic acids is 1. The summed E-state index contributed by atoms with van der Waals surface area (Å²) in [7, 11) is 4.00. The zero-order chi connectivity index (χ0) is 30.8. The van der Waals surface area contributed by atoms with Crippen LogP contribution < -0.4 is 20.7 Å². The monoisotopic (exact) mass is 577 g/mol. The van der Waals surface area contributed by atoms with Gasteiger partial charge in [-0.3, -0.25) is 14.2 Å². The second kappa shape index (κ2) is 12.6. The van der Waals surface area contributed by atoms with E-state index in [1.807, 2.05) is 58.0 Å². The van der Waals surface area contributed by atoms with Gasteiger partial charge in [-0.25, -0.2) is 4.98 Å². The third-order valence-corrected chi connectivity index (χ3v) is 7.39. The lowest BCUT2D eigenvalue weighted by atomic mass is 10.1. The van der Waals surface area contributed by atoms with Gasteiger partial charge >= 0.3 is 0 Å². The molecule has 1 aromatic carbocycles. The maximum absolute atomic E-state index is 14.1. The van der Waals surface area contributed by atoms with Gasteiger partial charge in [0.1, 0.15) is 11.3 Å². The molecule has 4 rings (SSSR count). The number of aromatic nitrogens is 3. The van der Waals surface area contributed by atoms with E-state index in [0.29, 0.717) is 42.4 Å². The number of nitrogens with zero attached hydrogens (tertiary/aromatic N) is 6. The third-order valence-electron chi connectivity index (χ3n) is 7.39. The molecule has 2 N–H and O–H groups in total. The van der Waals surface area contributed by atoms with Crippen molar-refractivity contribution < 1.29 is 14.6 Å². The third kappa shape index (κ3) is 6.80. The number of ether oxygens (including phenoxy) is 1.